The number of rotatable bonds is 8. The number of halogens is 2. The zero-order chi connectivity index (χ0) is 18.9. The van der Waals surface area contributed by atoms with Crippen LogP contribution in [0.1, 0.15) is 35.2 Å². The summed E-state index contributed by atoms with van der Waals surface area (Å²) in [6, 6.07) is 11.7. The van der Waals surface area contributed by atoms with Gasteiger partial charge in [-0.2, -0.15) is 0 Å². The van der Waals surface area contributed by atoms with Gasteiger partial charge < -0.3 is 20.8 Å². The number of guanidine groups is 1. The number of nitrogens with zero attached hydrogens (tertiary/aromatic N) is 1. The lowest BCUT2D eigenvalue weighted by Gasteiger charge is -2.18. The molecule has 0 aliphatic carbocycles. The summed E-state index contributed by atoms with van der Waals surface area (Å²) in [5.74, 6) is 1.40. The number of amides is 1. The molecule has 0 spiro atoms. The van der Waals surface area contributed by atoms with Crippen molar-refractivity contribution in [2.24, 2.45) is 16.6 Å². The Morgan fingerprint density at radius 3 is 2.67 bits per heavy atom. The van der Waals surface area contributed by atoms with Crippen molar-refractivity contribution in [1.82, 2.24) is 10.6 Å². The number of primary amides is 1. The third-order valence-electron chi connectivity index (χ3n) is 4.11. The fourth-order valence-corrected chi connectivity index (χ4v) is 3.04. The fraction of sp³-hybridized carbons (Fsp3) is 0.368. The fourth-order valence-electron chi connectivity index (χ4n) is 2.60. The summed E-state index contributed by atoms with van der Waals surface area (Å²) in [5, 5.41) is 6.52. The van der Waals surface area contributed by atoms with Gasteiger partial charge in [0, 0.05) is 18.1 Å². The van der Waals surface area contributed by atoms with E-state index in [2.05, 4.69) is 56.7 Å². The van der Waals surface area contributed by atoms with E-state index in [1.807, 2.05) is 6.07 Å². The number of aliphatic imine (C=N–C) groups is 1. The summed E-state index contributed by atoms with van der Waals surface area (Å²) in [6.45, 7) is 3.43. The predicted molar refractivity (Wildman–Crippen MR) is 122 cm³/mol. The molecule has 2 aromatic rings. The van der Waals surface area contributed by atoms with Crippen LogP contribution in [-0.2, 0) is 13.0 Å². The van der Waals surface area contributed by atoms with Gasteiger partial charge in [-0.3, -0.25) is 9.79 Å². The summed E-state index contributed by atoms with van der Waals surface area (Å²) in [7, 11) is 1.72. The topological polar surface area (TPSA) is 92.6 Å². The van der Waals surface area contributed by atoms with E-state index in [0.717, 1.165) is 23.9 Å². The second-order valence-corrected chi connectivity index (χ2v) is 6.96. The van der Waals surface area contributed by atoms with Gasteiger partial charge in [0.15, 0.2) is 11.7 Å². The summed E-state index contributed by atoms with van der Waals surface area (Å²) in [4.78, 5) is 15.3. The van der Waals surface area contributed by atoms with Crippen molar-refractivity contribution in [3.8, 4) is 0 Å². The van der Waals surface area contributed by atoms with Crippen LogP contribution in [0.15, 0.2) is 50.3 Å². The van der Waals surface area contributed by atoms with Gasteiger partial charge in [-0.15, -0.1) is 24.0 Å². The Bertz CT molecular complexity index is 764. The van der Waals surface area contributed by atoms with Gasteiger partial charge in [0.1, 0.15) is 5.76 Å². The van der Waals surface area contributed by atoms with Gasteiger partial charge in [-0.25, -0.2) is 0 Å². The largest absolute Gasteiger partial charge is 0.454 e. The molecule has 0 radical (unpaired) electrons. The van der Waals surface area contributed by atoms with Crippen molar-refractivity contribution in [2.75, 3.05) is 13.6 Å². The molecule has 4 N–H and O–H groups in total. The van der Waals surface area contributed by atoms with Crippen molar-refractivity contribution in [3.05, 3.63) is 58.0 Å². The summed E-state index contributed by atoms with van der Waals surface area (Å²) in [5.41, 5.74) is 6.50. The molecule has 8 heteroatoms. The Hall–Kier alpha value is -1.55. The first-order valence-electron chi connectivity index (χ1n) is 8.59. The van der Waals surface area contributed by atoms with Gasteiger partial charge in [0.2, 0.25) is 0 Å². The number of benzene rings is 1. The normalized spacial score (nSPS) is 12.2. The second kappa shape index (κ2) is 12.0. The Balaban J connectivity index is 0.00000364. The number of carbonyl (C=O) groups is 1. The maximum atomic E-state index is 11.1. The minimum absolute atomic E-state index is 0. The Morgan fingerprint density at radius 2 is 2.07 bits per heavy atom. The molecule has 6 nitrogen and oxygen atoms in total. The van der Waals surface area contributed by atoms with Crippen molar-refractivity contribution in [2.45, 2.75) is 26.3 Å². The van der Waals surface area contributed by atoms with E-state index in [9.17, 15) is 4.79 Å². The van der Waals surface area contributed by atoms with E-state index >= 15 is 0 Å². The van der Waals surface area contributed by atoms with Gasteiger partial charge in [-0.1, -0.05) is 41.4 Å². The minimum Gasteiger partial charge on any atom is -0.454 e. The van der Waals surface area contributed by atoms with E-state index in [1.165, 1.54) is 5.56 Å². The number of nitrogens with two attached hydrogens (primary N) is 1. The molecule has 27 heavy (non-hydrogen) atoms. The van der Waals surface area contributed by atoms with Crippen LogP contribution >= 0.6 is 39.9 Å². The van der Waals surface area contributed by atoms with Crippen molar-refractivity contribution < 1.29 is 9.21 Å². The van der Waals surface area contributed by atoms with Crippen molar-refractivity contribution in [1.29, 1.82) is 0 Å². The minimum atomic E-state index is -0.572. The molecule has 1 unspecified atom stereocenters. The molecule has 148 valence electrons. The smallest absolute Gasteiger partial charge is 0.284 e. The summed E-state index contributed by atoms with van der Waals surface area (Å²) < 4.78 is 6.45. The van der Waals surface area contributed by atoms with Crippen LogP contribution in [0.3, 0.4) is 0 Å². The van der Waals surface area contributed by atoms with E-state index in [-0.39, 0.29) is 29.7 Å². The highest BCUT2D eigenvalue weighted by molar-refractivity contribution is 14.0. The highest BCUT2D eigenvalue weighted by Crippen LogP contribution is 2.16. The first-order chi connectivity index (χ1) is 12.5. The molecule has 0 bridgehead atoms. The van der Waals surface area contributed by atoms with Crippen LogP contribution in [0, 0.1) is 5.92 Å². The van der Waals surface area contributed by atoms with Gasteiger partial charge in [0.25, 0.3) is 5.91 Å². The molecule has 1 amide bonds. The third kappa shape index (κ3) is 7.92. The van der Waals surface area contributed by atoms with E-state index < -0.39 is 5.91 Å². The molecule has 1 aromatic carbocycles. The SMILES string of the molecule is CCC(CNC(=NC)NCc1ccc(C(N)=O)o1)Cc1cccc(Br)c1.I. The summed E-state index contributed by atoms with van der Waals surface area (Å²) in [6.07, 6.45) is 2.07. The van der Waals surface area contributed by atoms with Crippen LogP contribution in [0.5, 0.6) is 0 Å². The number of carbonyl (C=O) groups excluding carboxylic acids is 1. The number of hydrogen-bond acceptors (Lipinski definition) is 3. The molecule has 0 saturated heterocycles. The molecule has 1 heterocycles. The zero-order valence-electron chi connectivity index (χ0n) is 15.5. The van der Waals surface area contributed by atoms with E-state index in [4.69, 9.17) is 10.2 Å². The molecule has 0 aliphatic heterocycles. The Kier molecular flexibility index (Phi) is 10.5. The predicted octanol–water partition coefficient (Wildman–Crippen LogP) is 3.69. The van der Waals surface area contributed by atoms with Gasteiger partial charge in [-0.05, 0) is 42.2 Å². The monoisotopic (exact) mass is 548 g/mol. The molecular formula is C19H26BrIN4O2. The molecule has 2 rings (SSSR count). The van der Waals surface area contributed by atoms with Crippen LogP contribution in [0.25, 0.3) is 0 Å². The Morgan fingerprint density at radius 1 is 1.30 bits per heavy atom. The van der Waals surface area contributed by atoms with Crippen LogP contribution in [0.4, 0.5) is 0 Å². The number of nitrogens with one attached hydrogen (secondary N) is 2. The van der Waals surface area contributed by atoms with Gasteiger partial charge in [0.05, 0.1) is 6.54 Å². The molecular weight excluding hydrogens is 523 g/mol. The first-order valence-corrected chi connectivity index (χ1v) is 9.38. The van der Waals surface area contributed by atoms with Crippen molar-refractivity contribution >= 4 is 51.8 Å². The lowest BCUT2D eigenvalue weighted by Crippen LogP contribution is -2.39. The molecule has 1 atom stereocenters. The lowest BCUT2D eigenvalue weighted by molar-refractivity contribution is 0.0972. The average Bonchev–Trinajstić information content (AvgIpc) is 3.10. The molecule has 0 aliphatic rings. The third-order valence-corrected chi connectivity index (χ3v) is 4.60. The first kappa shape index (κ1) is 23.5. The molecule has 0 fully saturated rings. The van der Waals surface area contributed by atoms with E-state index in [0.29, 0.717) is 24.2 Å². The number of furan rings is 1. The maximum Gasteiger partial charge on any atom is 0.284 e. The quantitative estimate of drug-likeness (QED) is 0.266. The molecule has 1 aromatic heterocycles. The van der Waals surface area contributed by atoms with Gasteiger partial charge >= 0.3 is 0 Å². The van der Waals surface area contributed by atoms with Crippen LogP contribution in [-0.4, -0.2) is 25.5 Å². The Labute approximate surface area is 185 Å². The second-order valence-electron chi connectivity index (χ2n) is 6.05. The average molecular weight is 549 g/mol. The molecule has 0 saturated carbocycles. The number of hydrogen-bond donors (Lipinski definition) is 3. The highest BCUT2D eigenvalue weighted by Gasteiger charge is 2.10. The standard InChI is InChI=1S/C19H25BrN4O2.HI/c1-3-13(9-14-5-4-6-15(20)10-14)11-23-19(22-2)24-12-16-7-8-17(26-16)18(21)25;/h4-8,10,13H,3,9,11-12H2,1-2H3,(H2,21,25)(H2,22,23,24);1H. The van der Waals surface area contributed by atoms with Crippen LogP contribution in [0.2, 0.25) is 0 Å². The maximum absolute atomic E-state index is 11.1. The lowest BCUT2D eigenvalue weighted by atomic mass is 9.97. The van der Waals surface area contributed by atoms with Crippen molar-refractivity contribution in [3.63, 3.8) is 0 Å². The highest BCUT2D eigenvalue weighted by atomic mass is 127. The zero-order valence-corrected chi connectivity index (χ0v) is 19.4. The van der Waals surface area contributed by atoms with E-state index in [1.54, 1.807) is 19.2 Å². The summed E-state index contributed by atoms with van der Waals surface area (Å²) >= 11 is 3.52. The van der Waals surface area contributed by atoms with Crippen LogP contribution < -0.4 is 16.4 Å².